The number of fused-ring (bicyclic) bond motifs is 1. The minimum Gasteiger partial charge on any atom is -0.383 e. The van der Waals surface area contributed by atoms with E-state index in [9.17, 15) is 0 Å². The van der Waals surface area contributed by atoms with E-state index in [1.807, 2.05) is 37.3 Å². The number of anilines is 1. The van der Waals surface area contributed by atoms with Crippen molar-refractivity contribution in [2.75, 3.05) is 5.73 Å². The Labute approximate surface area is 91.9 Å². The molecule has 0 aliphatic carbocycles. The second kappa shape index (κ2) is 3.10. The van der Waals surface area contributed by atoms with Crippen LogP contribution in [0.3, 0.4) is 0 Å². The van der Waals surface area contributed by atoms with Crippen LogP contribution in [0, 0.1) is 6.92 Å². The van der Waals surface area contributed by atoms with Crippen LogP contribution in [0.1, 0.15) is 5.69 Å². The number of hydrogen-bond donors (Lipinski definition) is 2. The second-order valence-corrected chi connectivity index (χ2v) is 3.70. The molecule has 0 spiro atoms. The van der Waals surface area contributed by atoms with Gasteiger partial charge in [-0.05, 0) is 19.1 Å². The van der Waals surface area contributed by atoms with Gasteiger partial charge in [0, 0.05) is 6.07 Å². The molecule has 1 aromatic carbocycles. The lowest BCUT2D eigenvalue weighted by Gasteiger charge is -1.96. The number of benzene rings is 1. The summed E-state index contributed by atoms with van der Waals surface area (Å²) in [5.41, 5.74) is 8.59. The number of aromatic amines is 1. The number of hydrogen-bond acceptors (Lipinski definition) is 3. The third kappa shape index (κ3) is 1.25. The van der Waals surface area contributed by atoms with E-state index in [1.165, 1.54) is 0 Å². The monoisotopic (exact) mass is 213 g/mol. The van der Waals surface area contributed by atoms with E-state index < -0.39 is 0 Å². The molecule has 0 saturated heterocycles. The second-order valence-electron chi connectivity index (χ2n) is 3.70. The maximum absolute atomic E-state index is 5.84. The van der Waals surface area contributed by atoms with Gasteiger partial charge in [-0.15, -0.1) is 0 Å². The van der Waals surface area contributed by atoms with Crippen molar-refractivity contribution >= 4 is 16.9 Å². The first-order chi connectivity index (χ1) is 7.74. The van der Waals surface area contributed by atoms with Gasteiger partial charge in [0.1, 0.15) is 5.82 Å². The van der Waals surface area contributed by atoms with Crippen LogP contribution in [0.25, 0.3) is 17.0 Å². The van der Waals surface area contributed by atoms with Crippen LogP contribution in [-0.2, 0) is 0 Å². The summed E-state index contributed by atoms with van der Waals surface area (Å²) in [6.45, 7) is 1.90. The summed E-state index contributed by atoms with van der Waals surface area (Å²) in [4.78, 5) is 7.60. The zero-order valence-corrected chi connectivity index (χ0v) is 8.81. The Hall–Kier alpha value is -2.30. The molecule has 16 heavy (non-hydrogen) atoms. The van der Waals surface area contributed by atoms with Crippen LogP contribution in [0.15, 0.2) is 30.3 Å². The first kappa shape index (κ1) is 8.96. The Balaban J connectivity index is 2.22. The standard InChI is InChI=1S/C11H11N5/c1-7-6-10(12)16(15-7)11-13-8-4-2-3-5-9(8)14-11/h2-6H,12H2,1H3,(H,13,14). The zero-order valence-electron chi connectivity index (χ0n) is 8.81. The highest BCUT2D eigenvalue weighted by atomic mass is 15.4. The van der Waals surface area contributed by atoms with Crippen molar-refractivity contribution in [1.29, 1.82) is 0 Å². The van der Waals surface area contributed by atoms with E-state index in [-0.39, 0.29) is 0 Å². The first-order valence-corrected chi connectivity index (χ1v) is 5.01. The van der Waals surface area contributed by atoms with Gasteiger partial charge in [0.2, 0.25) is 5.95 Å². The molecule has 3 N–H and O–H groups in total. The predicted molar refractivity (Wildman–Crippen MR) is 62.4 cm³/mol. The van der Waals surface area contributed by atoms with Gasteiger partial charge in [0.05, 0.1) is 16.7 Å². The molecule has 0 aliphatic heterocycles. The van der Waals surface area contributed by atoms with Crippen molar-refractivity contribution in [3.8, 4) is 5.95 Å². The molecule has 0 saturated carbocycles. The first-order valence-electron chi connectivity index (χ1n) is 5.01. The molecule has 0 amide bonds. The Morgan fingerprint density at radius 2 is 2.12 bits per heavy atom. The quantitative estimate of drug-likeness (QED) is 0.645. The number of nitrogens with one attached hydrogen (secondary N) is 1. The lowest BCUT2D eigenvalue weighted by molar-refractivity contribution is 0.825. The Kier molecular flexibility index (Phi) is 1.73. The summed E-state index contributed by atoms with van der Waals surface area (Å²) in [6, 6.07) is 9.64. The largest absolute Gasteiger partial charge is 0.383 e. The van der Waals surface area contributed by atoms with Gasteiger partial charge in [0.15, 0.2) is 0 Å². The number of aryl methyl sites for hydroxylation is 1. The fraction of sp³-hybridized carbons (Fsp3) is 0.0909. The average Bonchev–Trinajstić information content (AvgIpc) is 2.81. The minimum absolute atomic E-state index is 0.580. The Morgan fingerprint density at radius 1 is 1.31 bits per heavy atom. The molecular formula is C11H11N5. The number of nitrogens with two attached hydrogens (primary N) is 1. The molecule has 0 aliphatic rings. The van der Waals surface area contributed by atoms with Crippen LogP contribution >= 0.6 is 0 Å². The fourth-order valence-electron chi connectivity index (χ4n) is 1.73. The maximum atomic E-state index is 5.84. The lowest BCUT2D eigenvalue weighted by Crippen LogP contribution is -2.03. The summed E-state index contributed by atoms with van der Waals surface area (Å²) >= 11 is 0. The summed E-state index contributed by atoms with van der Waals surface area (Å²) in [5, 5.41) is 4.27. The number of para-hydroxylation sites is 2. The zero-order chi connectivity index (χ0) is 11.1. The van der Waals surface area contributed by atoms with Gasteiger partial charge in [-0.3, -0.25) is 0 Å². The van der Waals surface area contributed by atoms with Crippen LogP contribution < -0.4 is 5.73 Å². The molecule has 80 valence electrons. The van der Waals surface area contributed by atoms with Crippen LogP contribution in [0.4, 0.5) is 5.82 Å². The number of aromatic nitrogens is 4. The molecule has 2 aromatic heterocycles. The highest BCUT2D eigenvalue weighted by molar-refractivity contribution is 5.76. The molecule has 3 rings (SSSR count). The van der Waals surface area contributed by atoms with E-state index in [0.29, 0.717) is 11.8 Å². The Morgan fingerprint density at radius 3 is 2.81 bits per heavy atom. The number of imidazole rings is 1. The molecule has 0 atom stereocenters. The molecule has 2 heterocycles. The van der Waals surface area contributed by atoms with Gasteiger partial charge in [0.25, 0.3) is 0 Å². The maximum Gasteiger partial charge on any atom is 0.230 e. The molecule has 0 fully saturated rings. The topological polar surface area (TPSA) is 72.5 Å². The van der Waals surface area contributed by atoms with Crippen LogP contribution in [0.5, 0.6) is 0 Å². The number of rotatable bonds is 1. The smallest absolute Gasteiger partial charge is 0.230 e. The summed E-state index contributed by atoms with van der Waals surface area (Å²) in [7, 11) is 0. The molecule has 0 radical (unpaired) electrons. The highest BCUT2D eigenvalue weighted by Gasteiger charge is 2.08. The molecule has 5 heteroatoms. The number of nitrogen functional groups attached to an aromatic ring is 1. The third-order valence-corrected chi connectivity index (χ3v) is 2.44. The van der Waals surface area contributed by atoms with Crippen molar-refractivity contribution in [2.45, 2.75) is 6.92 Å². The summed E-state index contributed by atoms with van der Waals surface area (Å²) in [5.74, 6) is 1.23. The average molecular weight is 213 g/mol. The Bertz CT molecular complexity index is 616. The fourth-order valence-corrected chi connectivity index (χ4v) is 1.73. The minimum atomic E-state index is 0.580. The molecule has 5 nitrogen and oxygen atoms in total. The number of nitrogens with zero attached hydrogens (tertiary/aromatic N) is 3. The van der Waals surface area contributed by atoms with E-state index in [1.54, 1.807) is 4.68 Å². The van der Waals surface area contributed by atoms with Crippen molar-refractivity contribution in [1.82, 2.24) is 19.7 Å². The summed E-state index contributed by atoms with van der Waals surface area (Å²) in [6.07, 6.45) is 0. The molecule has 0 bridgehead atoms. The van der Waals surface area contributed by atoms with E-state index >= 15 is 0 Å². The van der Waals surface area contributed by atoms with Gasteiger partial charge in [-0.25, -0.2) is 4.98 Å². The van der Waals surface area contributed by atoms with Gasteiger partial charge in [-0.1, -0.05) is 12.1 Å². The predicted octanol–water partition coefficient (Wildman–Crippen LogP) is 1.64. The molecule has 3 aromatic rings. The van der Waals surface area contributed by atoms with Crippen LogP contribution in [-0.4, -0.2) is 19.7 Å². The normalized spacial score (nSPS) is 11.1. The third-order valence-electron chi connectivity index (χ3n) is 2.44. The summed E-state index contributed by atoms with van der Waals surface area (Å²) < 4.78 is 1.61. The van der Waals surface area contributed by atoms with E-state index in [4.69, 9.17) is 5.73 Å². The van der Waals surface area contributed by atoms with Crippen molar-refractivity contribution in [3.05, 3.63) is 36.0 Å². The van der Waals surface area contributed by atoms with Crippen molar-refractivity contribution in [2.24, 2.45) is 0 Å². The van der Waals surface area contributed by atoms with Gasteiger partial charge >= 0.3 is 0 Å². The number of H-pyrrole nitrogens is 1. The van der Waals surface area contributed by atoms with Crippen molar-refractivity contribution in [3.63, 3.8) is 0 Å². The molecule has 0 unspecified atom stereocenters. The van der Waals surface area contributed by atoms with E-state index in [2.05, 4.69) is 15.1 Å². The van der Waals surface area contributed by atoms with Crippen molar-refractivity contribution < 1.29 is 0 Å². The lowest BCUT2D eigenvalue weighted by atomic mass is 10.3. The van der Waals surface area contributed by atoms with E-state index in [0.717, 1.165) is 16.7 Å². The highest BCUT2D eigenvalue weighted by Crippen LogP contribution is 2.16. The molecular weight excluding hydrogens is 202 g/mol. The van der Waals surface area contributed by atoms with Crippen LogP contribution in [0.2, 0.25) is 0 Å². The van der Waals surface area contributed by atoms with Gasteiger partial charge < -0.3 is 10.7 Å². The SMILES string of the molecule is Cc1cc(N)n(-c2nc3ccccc3[nH]2)n1. The van der Waals surface area contributed by atoms with Gasteiger partial charge in [-0.2, -0.15) is 9.78 Å².